The summed E-state index contributed by atoms with van der Waals surface area (Å²) in [5.74, 6) is -0.580. The molecule has 1 aliphatic rings. The molecule has 9 nitrogen and oxygen atoms in total. The lowest BCUT2D eigenvalue weighted by molar-refractivity contribution is -0.140. The zero-order chi connectivity index (χ0) is 28.1. The summed E-state index contributed by atoms with van der Waals surface area (Å²) in [5, 5.41) is 16.0. The molecule has 0 saturated carbocycles. The predicted octanol–water partition coefficient (Wildman–Crippen LogP) is 4.35. The van der Waals surface area contributed by atoms with Gasteiger partial charge in [-0.2, -0.15) is 5.10 Å². The number of Topliss-reactive ketones (excluding diaryl/α,β-unsaturated/α-hetero) is 1. The van der Waals surface area contributed by atoms with E-state index in [0.717, 1.165) is 18.8 Å². The summed E-state index contributed by atoms with van der Waals surface area (Å²) >= 11 is 0. The van der Waals surface area contributed by atoms with Crippen molar-refractivity contribution in [3.63, 3.8) is 0 Å². The second kappa shape index (κ2) is 12.2. The number of carbonyl (C=O) groups excluding carboxylic acids is 2. The molecule has 0 aliphatic carbocycles. The van der Waals surface area contributed by atoms with Crippen molar-refractivity contribution in [3.8, 4) is 17.2 Å². The minimum Gasteiger partial charge on any atom is -0.507 e. The molecule has 39 heavy (non-hydrogen) atoms. The number of ether oxygens (including phenoxy) is 2. The van der Waals surface area contributed by atoms with Gasteiger partial charge in [0.1, 0.15) is 5.76 Å². The molecule has 1 N–H and O–H groups in total. The van der Waals surface area contributed by atoms with E-state index in [1.807, 2.05) is 50.2 Å². The Kier molecular flexibility index (Phi) is 8.71. The Morgan fingerprint density at radius 3 is 2.41 bits per heavy atom. The predicted molar refractivity (Wildman–Crippen MR) is 149 cm³/mol. The Morgan fingerprint density at radius 2 is 1.77 bits per heavy atom. The van der Waals surface area contributed by atoms with Gasteiger partial charge < -0.3 is 24.4 Å². The molecule has 0 bridgehead atoms. The van der Waals surface area contributed by atoms with Crippen LogP contribution in [0.2, 0.25) is 0 Å². The average molecular weight is 533 g/mol. The summed E-state index contributed by atoms with van der Waals surface area (Å²) in [4.78, 5) is 30.6. The molecule has 0 spiro atoms. The normalized spacial score (nSPS) is 16.8. The Labute approximate surface area is 229 Å². The summed E-state index contributed by atoms with van der Waals surface area (Å²) in [5.41, 5.74) is 2.53. The summed E-state index contributed by atoms with van der Waals surface area (Å²) in [7, 11) is 1.54. The number of nitrogens with zero attached hydrogens (tertiary/aromatic N) is 4. The molecule has 1 aromatic heterocycles. The third-order valence-electron chi connectivity index (χ3n) is 7.16. The number of benzene rings is 2. The summed E-state index contributed by atoms with van der Waals surface area (Å²) in [6.07, 6.45) is 1.52. The second-order valence-corrected chi connectivity index (χ2v) is 9.25. The fourth-order valence-corrected chi connectivity index (χ4v) is 4.99. The summed E-state index contributed by atoms with van der Waals surface area (Å²) in [6.45, 7) is 10.8. The number of aliphatic hydroxyl groups is 1. The Hall–Kier alpha value is -4.11. The fraction of sp³-hybridized carbons (Fsp3) is 0.367. The molecule has 3 aromatic rings. The van der Waals surface area contributed by atoms with Gasteiger partial charge in [-0.25, -0.2) is 4.68 Å². The topological polar surface area (TPSA) is 97.1 Å². The van der Waals surface area contributed by atoms with Gasteiger partial charge in [0.25, 0.3) is 11.7 Å². The van der Waals surface area contributed by atoms with E-state index in [4.69, 9.17) is 9.47 Å². The van der Waals surface area contributed by atoms with Crippen LogP contribution in [0.5, 0.6) is 11.5 Å². The van der Waals surface area contributed by atoms with E-state index in [1.165, 1.54) is 11.1 Å². The van der Waals surface area contributed by atoms with Crippen LogP contribution in [0, 0.1) is 6.92 Å². The van der Waals surface area contributed by atoms with Crippen molar-refractivity contribution in [2.75, 3.05) is 39.9 Å². The highest BCUT2D eigenvalue weighted by molar-refractivity contribution is 6.46. The van der Waals surface area contributed by atoms with Gasteiger partial charge in [0.15, 0.2) is 11.5 Å². The molecule has 9 heteroatoms. The smallest absolute Gasteiger partial charge is 0.295 e. The largest absolute Gasteiger partial charge is 0.507 e. The number of ketones is 1. The number of carbonyl (C=O) groups is 2. The number of aromatic nitrogens is 2. The quantitative estimate of drug-likeness (QED) is 0.223. The van der Waals surface area contributed by atoms with Gasteiger partial charge >= 0.3 is 0 Å². The van der Waals surface area contributed by atoms with Crippen molar-refractivity contribution in [1.82, 2.24) is 19.6 Å². The van der Waals surface area contributed by atoms with E-state index in [9.17, 15) is 14.7 Å². The van der Waals surface area contributed by atoms with Crippen LogP contribution in [0.1, 0.15) is 43.6 Å². The van der Waals surface area contributed by atoms with Crippen molar-refractivity contribution < 1.29 is 24.2 Å². The molecule has 1 fully saturated rings. The van der Waals surface area contributed by atoms with E-state index in [-0.39, 0.29) is 11.3 Å². The van der Waals surface area contributed by atoms with Crippen LogP contribution >= 0.6 is 0 Å². The number of likely N-dealkylation sites (tertiary alicyclic amines) is 1. The molecule has 1 saturated heterocycles. The van der Waals surface area contributed by atoms with E-state index in [2.05, 4.69) is 23.8 Å². The minimum absolute atomic E-state index is 0.0291. The molecule has 1 amide bonds. The highest BCUT2D eigenvalue weighted by Crippen LogP contribution is 2.42. The van der Waals surface area contributed by atoms with Crippen molar-refractivity contribution in [3.05, 3.63) is 77.1 Å². The zero-order valence-corrected chi connectivity index (χ0v) is 23.2. The minimum atomic E-state index is -0.801. The van der Waals surface area contributed by atoms with Crippen LogP contribution in [0.3, 0.4) is 0 Å². The van der Waals surface area contributed by atoms with Gasteiger partial charge in [-0.3, -0.25) is 9.59 Å². The maximum absolute atomic E-state index is 13.5. The third-order valence-corrected chi connectivity index (χ3v) is 7.16. The highest BCUT2D eigenvalue weighted by atomic mass is 16.5. The molecule has 2 heterocycles. The van der Waals surface area contributed by atoms with E-state index < -0.39 is 17.7 Å². The number of rotatable bonds is 11. The number of hydrogen-bond donors (Lipinski definition) is 1. The highest BCUT2D eigenvalue weighted by Gasteiger charge is 2.46. The van der Waals surface area contributed by atoms with Gasteiger partial charge in [-0.1, -0.05) is 38.1 Å². The third kappa shape index (κ3) is 5.40. The Bertz CT molecular complexity index is 1360. The maximum atomic E-state index is 13.5. The number of para-hydroxylation sites is 1. The van der Waals surface area contributed by atoms with Gasteiger partial charge in [-0.15, -0.1) is 0 Å². The second-order valence-electron chi connectivity index (χ2n) is 9.25. The number of aliphatic hydroxyl groups excluding tert-OH is 1. The molecular formula is C30H36N4O5. The van der Waals surface area contributed by atoms with Crippen LogP contribution < -0.4 is 9.47 Å². The van der Waals surface area contributed by atoms with Crippen LogP contribution in [0.25, 0.3) is 11.4 Å². The standard InChI is InChI=1S/C30H36N4O5/c1-6-32(7-2)16-17-33-27(21-14-15-24(39-8-3)25(18-21)38-5)26(29(36)30(33)37)28(35)23-19-31-34(20(23)4)22-12-10-9-11-13-22/h9-15,18-19,27,35H,6-8,16-17H2,1-5H3/b28-26+. The molecular weight excluding hydrogens is 496 g/mol. The van der Waals surface area contributed by atoms with Crippen LogP contribution in [0.15, 0.2) is 60.3 Å². The first-order valence-electron chi connectivity index (χ1n) is 13.3. The van der Waals surface area contributed by atoms with Gasteiger partial charge in [0.05, 0.1) is 48.5 Å². The zero-order valence-electron chi connectivity index (χ0n) is 23.2. The molecule has 4 rings (SSSR count). The number of methoxy groups -OCH3 is 1. The molecule has 206 valence electrons. The van der Waals surface area contributed by atoms with Gasteiger partial charge in [-0.05, 0) is 56.8 Å². The van der Waals surface area contributed by atoms with Crippen molar-refractivity contribution >= 4 is 17.4 Å². The van der Waals surface area contributed by atoms with E-state index in [1.54, 1.807) is 23.9 Å². The van der Waals surface area contributed by atoms with Crippen molar-refractivity contribution in [2.45, 2.75) is 33.7 Å². The average Bonchev–Trinajstić information content (AvgIpc) is 3.46. The number of hydrogen-bond acceptors (Lipinski definition) is 7. The van der Waals surface area contributed by atoms with Gasteiger partial charge in [0, 0.05) is 13.1 Å². The lowest BCUT2D eigenvalue weighted by Gasteiger charge is -2.28. The monoisotopic (exact) mass is 532 g/mol. The molecule has 1 aliphatic heterocycles. The first-order valence-corrected chi connectivity index (χ1v) is 13.3. The van der Waals surface area contributed by atoms with E-state index in [0.29, 0.717) is 48.0 Å². The first-order chi connectivity index (χ1) is 18.9. The van der Waals surface area contributed by atoms with Crippen molar-refractivity contribution in [1.29, 1.82) is 0 Å². The summed E-state index contributed by atoms with van der Waals surface area (Å²) < 4.78 is 12.9. The molecule has 2 aromatic carbocycles. The Morgan fingerprint density at radius 1 is 1.05 bits per heavy atom. The van der Waals surface area contributed by atoms with Gasteiger partial charge in [0.2, 0.25) is 0 Å². The van der Waals surface area contributed by atoms with Crippen molar-refractivity contribution in [2.24, 2.45) is 0 Å². The van der Waals surface area contributed by atoms with E-state index >= 15 is 0 Å². The SMILES string of the molecule is CCOc1ccc(C2/C(=C(\O)c3cnn(-c4ccccc4)c3C)C(=O)C(=O)N2CCN(CC)CC)cc1OC. The molecule has 1 unspecified atom stereocenters. The first kappa shape index (κ1) is 27.9. The number of amides is 1. The van der Waals surface area contributed by atoms with Crippen LogP contribution in [-0.2, 0) is 9.59 Å². The fourth-order valence-electron chi connectivity index (χ4n) is 4.99. The van der Waals surface area contributed by atoms with Crippen LogP contribution in [0.4, 0.5) is 0 Å². The lowest BCUT2D eigenvalue weighted by Crippen LogP contribution is -2.38. The van der Waals surface area contributed by atoms with Crippen LogP contribution in [-0.4, -0.2) is 76.3 Å². The lowest BCUT2D eigenvalue weighted by atomic mass is 9.95. The maximum Gasteiger partial charge on any atom is 0.295 e. The summed E-state index contributed by atoms with van der Waals surface area (Å²) in [6, 6.07) is 14.1. The number of likely N-dealkylation sites (N-methyl/N-ethyl adjacent to an activating group) is 1. The molecule has 1 atom stereocenters. The Balaban J connectivity index is 1.85. The molecule has 0 radical (unpaired) electrons.